The van der Waals surface area contributed by atoms with Gasteiger partial charge in [-0.15, -0.1) is 0 Å². The van der Waals surface area contributed by atoms with E-state index in [1.807, 2.05) is 0 Å². The van der Waals surface area contributed by atoms with Crippen LogP contribution in [0.2, 0.25) is 0 Å². The van der Waals surface area contributed by atoms with Crippen molar-refractivity contribution in [2.75, 3.05) is 0 Å². The number of hydrogen-bond acceptors (Lipinski definition) is 0. The van der Waals surface area contributed by atoms with E-state index in [4.69, 9.17) is 0 Å². The van der Waals surface area contributed by atoms with Crippen molar-refractivity contribution < 1.29 is 0 Å². The zero-order valence-corrected chi connectivity index (χ0v) is 21.6. The van der Waals surface area contributed by atoms with E-state index in [9.17, 15) is 0 Å². The molecule has 0 saturated carbocycles. The Bertz CT molecular complexity index is 2080. The topological polar surface area (TPSA) is 4.93 Å². The number of aromatic nitrogens is 1. The normalized spacial score (nSPS) is 14.0. The van der Waals surface area contributed by atoms with Gasteiger partial charge in [-0.25, -0.2) is 0 Å². The summed E-state index contributed by atoms with van der Waals surface area (Å²) in [6.07, 6.45) is 0. The Morgan fingerprint density at radius 3 is 1.77 bits per heavy atom. The molecule has 1 spiro atoms. The lowest BCUT2D eigenvalue weighted by Crippen LogP contribution is -2.25. The van der Waals surface area contributed by atoms with E-state index in [2.05, 4.69) is 145 Å². The molecule has 1 nitrogen and oxygen atoms in total. The van der Waals surface area contributed by atoms with Crippen LogP contribution in [0.25, 0.3) is 49.7 Å². The van der Waals surface area contributed by atoms with Gasteiger partial charge in [0.2, 0.25) is 0 Å². The molecule has 39 heavy (non-hydrogen) atoms. The van der Waals surface area contributed by atoms with Gasteiger partial charge in [-0.3, -0.25) is 0 Å². The third-order valence-corrected chi connectivity index (χ3v) is 9.06. The summed E-state index contributed by atoms with van der Waals surface area (Å²) in [5.41, 5.74) is 15.6. The maximum atomic E-state index is 2.49. The van der Waals surface area contributed by atoms with Crippen LogP contribution < -0.4 is 0 Å². The average Bonchev–Trinajstić information content (AvgIpc) is 3.59. The van der Waals surface area contributed by atoms with Crippen LogP contribution in [0.3, 0.4) is 0 Å². The first-order valence-electron chi connectivity index (χ1n) is 13.7. The van der Waals surface area contributed by atoms with E-state index in [1.165, 1.54) is 77.6 Å². The van der Waals surface area contributed by atoms with E-state index >= 15 is 0 Å². The molecule has 2 aliphatic carbocycles. The van der Waals surface area contributed by atoms with Crippen molar-refractivity contribution >= 4 is 21.8 Å². The van der Waals surface area contributed by atoms with Gasteiger partial charge < -0.3 is 4.57 Å². The molecule has 0 unspecified atom stereocenters. The number of rotatable bonds is 1. The predicted octanol–water partition coefficient (Wildman–Crippen LogP) is 9.44. The molecule has 182 valence electrons. The molecular weight excluding hydrogens is 470 g/mol. The highest BCUT2D eigenvalue weighted by molar-refractivity contribution is 6.16. The molecule has 7 aromatic rings. The second kappa shape index (κ2) is 7.36. The van der Waals surface area contributed by atoms with Gasteiger partial charge in [-0.2, -0.15) is 0 Å². The molecule has 0 bridgehead atoms. The van der Waals surface area contributed by atoms with Crippen LogP contribution >= 0.6 is 0 Å². The third kappa shape index (κ3) is 2.46. The minimum atomic E-state index is -0.332. The van der Waals surface area contributed by atoms with Gasteiger partial charge >= 0.3 is 0 Å². The molecule has 0 N–H and O–H groups in total. The fourth-order valence-corrected chi connectivity index (χ4v) is 7.64. The Labute approximate surface area is 227 Å². The fourth-order valence-electron chi connectivity index (χ4n) is 7.64. The molecule has 0 fully saturated rings. The van der Waals surface area contributed by atoms with Crippen LogP contribution in [0.5, 0.6) is 0 Å². The smallest absolute Gasteiger partial charge is 0.0726 e. The van der Waals surface area contributed by atoms with Crippen molar-refractivity contribution in [1.29, 1.82) is 0 Å². The van der Waals surface area contributed by atoms with Crippen LogP contribution in [0.1, 0.15) is 27.8 Å². The van der Waals surface area contributed by atoms with Crippen LogP contribution in [0.15, 0.2) is 133 Å². The third-order valence-electron chi connectivity index (χ3n) is 9.06. The maximum absolute atomic E-state index is 2.49. The number of nitrogens with zero attached hydrogens (tertiary/aromatic N) is 1. The minimum Gasteiger partial charge on any atom is -0.309 e. The van der Waals surface area contributed by atoms with Gasteiger partial charge in [0.1, 0.15) is 0 Å². The Morgan fingerprint density at radius 1 is 0.487 bits per heavy atom. The van der Waals surface area contributed by atoms with Gasteiger partial charge in [0.25, 0.3) is 0 Å². The number of para-hydroxylation sites is 1. The molecule has 1 heteroatoms. The van der Waals surface area contributed by atoms with Crippen molar-refractivity contribution in [2.45, 2.75) is 12.3 Å². The Kier molecular flexibility index (Phi) is 3.98. The molecule has 0 amide bonds. The Hall–Kier alpha value is -4.88. The lowest BCUT2D eigenvalue weighted by atomic mass is 9.70. The number of hydrogen-bond donors (Lipinski definition) is 0. The van der Waals surface area contributed by atoms with Gasteiger partial charge in [0.05, 0.1) is 16.4 Å². The maximum Gasteiger partial charge on any atom is 0.0726 e. The van der Waals surface area contributed by atoms with Crippen molar-refractivity contribution in [3.8, 4) is 27.9 Å². The first-order chi connectivity index (χ1) is 19.3. The quantitative estimate of drug-likeness (QED) is 0.214. The van der Waals surface area contributed by atoms with Gasteiger partial charge in [-0.05, 0) is 70.1 Å². The van der Waals surface area contributed by atoms with E-state index in [0.717, 1.165) is 0 Å². The second-order valence-corrected chi connectivity index (χ2v) is 11.0. The van der Waals surface area contributed by atoms with Gasteiger partial charge in [0.15, 0.2) is 0 Å². The standard InChI is InChI=1S/C38H25N/c1-24-19-22-35-30(23-24)28-20-21-34-36(37(28)39(35)25-11-3-2-4-12-25)29-15-7-10-18-33(29)38(34)31-16-8-5-13-26(31)27-14-6-9-17-32(27)38/h2-23H,1H3. The SMILES string of the molecule is Cc1ccc2c(c1)c1ccc3c(c1n2-c1ccccc1)-c1ccccc1C31c2ccccc2-c2ccccc21. The molecule has 0 saturated heterocycles. The number of fused-ring (bicyclic) bond motifs is 14. The largest absolute Gasteiger partial charge is 0.309 e. The van der Waals surface area contributed by atoms with Crippen LogP contribution in [0, 0.1) is 6.92 Å². The molecule has 0 radical (unpaired) electrons. The summed E-state index contributed by atoms with van der Waals surface area (Å²) in [4.78, 5) is 0. The van der Waals surface area contributed by atoms with E-state index in [1.54, 1.807) is 0 Å². The predicted molar refractivity (Wildman–Crippen MR) is 162 cm³/mol. The summed E-state index contributed by atoms with van der Waals surface area (Å²) < 4.78 is 2.49. The number of benzene rings is 6. The van der Waals surface area contributed by atoms with Crippen molar-refractivity contribution in [3.05, 3.63) is 161 Å². The first kappa shape index (κ1) is 21.1. The average molecular weight is 496 g/mol. The monoisotopic (exact) mass is 495 g/mol. The zero-order chi connectivity index (χ0) is 25.7. The van der Waals surface area contributed by atoms with Crippen molar-refractivity contribution in [3.63, 3.8) is 0 Å². The molecule has 6 aromatic carbocycles. The number of aryl methyl sites for hydroxylation is 1. The second-order valence-electron chi connectivity index (χ2n) is 11.0. The molecule has 1 heterocycles. The van der Waals surface area contributed by atoms with E-state index in [-0.39, 0.29) is 5.41 Å². The zero-order valence-electron chi connectivity index (χ0n) is 21.6. The summed E-state index contributed by atoms with van der Waals surface area (Å²) >= 11 is 0. The summed E-state index contributed by atoms with van der Waals surface area (Å²) in [7, 11) is 0. The van der Waals surface area contributed by atoms with Crippen LogP contribution in [-0.4, -0.2) is 4.57 Å². The molecule has 9 rings (SSSR count). The van der Waals surface area contributed by atoms with E-state index < -0.39 is 0 Å². The highest BCUT2D eigenvalue weighted by Gasteiger charge is 2.52. The van der Waals surface area contributed by atoms with E-state index in [0.29, 0.717) is 0 Å². The molecule has 1 aromatic heterocycles. The van der Waals surface area contributed by atoms with Crippen LogP contribution in [-0.2, 0) is 5.41 Å². The molecular formula is C38H25N. The van der Waals surface area contributed by atoms with Crippen molar-refractivity contribution in [1.82, 2.24) is 4.57 Å². The minimum absolute atomic E-state index is 0.332. The summed E-state index contributed by atoms with van der Waals surface area (Å²) in [5.74, 6) is 0. The Morgan fingerprint density at radius 2 is 1.08 bits per heavy atom. The fraction of sp³-hybridized carbons (Fsp3) is 0.0526. The summed E-state index contributed by atoms with van der Waals surface area (Å²) in [6.45, 7) is 2.19. The Balaban J connectivity index is 1.54. The first-order valence-corrected chi connectivity index (χ1v) is 13.7. The van der Waals surface area contributed by atoms with Crippen molar-refractivity contribution in [2.24, 2.45) is 0 Å². The summed E-state index contributed by atoms with van der Waals surface area (Å²) in [6, 6.07) is 49.7. The van der Waals surface area contributed by atoms with Crippen LogP contribution in [0.4, 0.5) is 0 Å². The lowest BCUT2D eigenvalue weighted by molar-refractivity contribution is 0.794. The lowest BCUT2D eigenvalue weighted by Gasteiger charge is -2.30. The van der Waals surface area contributed by atoms with Gasteiger partial charge in [-0.1, -0.05) is 115 Å². The highest BCUT2D eigenvalue weighted by Crippen LogP contribution is 2.64. The highest BCUT2D eigenvalue weighted by atomic mass is 15.0. The van der Waals surface area contributed by atoms with Gasteiger partial charge in [0, 0.05) is 22.0 Å². The molecule has 0 aliphatic heterocycles. The molecule has 2 aliphatic rings. The summed E-state index contributed by atoms with van der Waals surface area (Å²) in [5, 5.41) is 2.62. The molecule has 0 atom stereocenters.